The Morgan fingerprint density at radius 3 is 2.48 bits per heavy atom. The summed E-state index contributed by atoms with van der Waals surface area (Å²) >= 11 is 0. The van der Waals surface area contributed by atoms with Gasteiger partial charge in [-0.05, 0) is 104 Å². The number of carboxylic acids is 1. The van der Waals surface area contributed by atoms with Crippen LogP contribution in [0.2, 0.25) is 0 Å². The maximum absolute atomic E-state index is 11.0. The van der Waals surface area contributed by atoms with Gasteiger partial charge in [0.2, 0.25) is 0 Å². The second kappa shape index (κ2) is 7.38. The molecule has 0 spiro atoms. The lowest BCUT2D eigenvalue weighted by molar-refractivity contribution is -0.138. The predicted octanol–water partition coefficient (Wildman–Crippen LogP) is 6.93. The van der Waals surface area contributed by atoms with Crippen molar-refractivity contribution >= 4 is 5.97 Å². The van der Waals surface area contributed by atoms with Crippen molar-refractivity contribution in [2.75, 3.05) is 0 Å². The Balaban J connectivity index is 1.54. The summed E-state index contributed by atoms with van der Waals surface area (Å²) in [4.78, 5) is 11.0. The third-order valence-electron chi connectivity index (χ3n) is 10.4. The topological polar surface area (TPSA) is 37.3 Å². The molecule has 2 nitrogen and oxygen atoms in total. The van der Waals surface area contributed by atoms with Gasteiger partial charge in [-0.15, -0.1) is 0 Å². The first-order chi connectivity index (χ1) is 12.9. The minimum absolute atomic E-state index is 0.362. The van der Waals surface area contributed by atoms with Gasteiger partial charge in [0.15, 0.2) is 0 Å². The van der Waals surface area contributed by atoms with E-state index in [0.29, 0.717) is 17.3 Å². The summed E-state index contributed by atoms with van der Waals surface area (Å²) in [6.07, 6.45) is 16.9. The summed E-state index contributed by atoms with van der Waals surface area (Å²) in [5.41, 5.74) is 1.11. The van der Waals surface area contributed by atoms with E-state index in [2.05, 4.69) is 20.8 Å². The molecule has 0 aromatic rings. The highest BCUT2D eigenvalue weighted by Crippen LogP contribution is 2.69. The molecule has 0 amide bonds. The lowest BCUT2D eigenvalue weighted by Crippen LogP contribution is -2.55. The standard InChI is InChI=1S/C25H42O2/c1-4-17-16-19-21-12-11-18(8-7-10-23(26)27)24(21,2)15-13-22(19)25(3)14-6-5-9-20(17)25/h17-22H,4-16H2,1-3H3,(H,26,27)/t17-,18-,19?,20?,21?,22-,24?,25?/m0/s1. The van der Waals surface area contributed by atoms with Crippen LogP contribution in [-0.4, -0.2) is 11.1 Å². The zero-order chi connectivity index (χ0) is 19.2. The quantitative estimate of drug-likeness (QED) is 0.566. The molecule has 2 heteroatoms. The molecule has 4 fully saturated rings. The summed E-state index contributed by atoms with van der Waals surface area (Å²) < 4.78 is 0. The average molecular weight is 375 g/mol. The van der Waals surface area contributed by atoms with Crippen LogP contribution in [0.5, 0.6) is 0 Å². The van der Waals surface area contributed by atoms with Gasteiger partial charge in [-0.2, -0.15) is 0 Å². The van der Waals surface area contributed by atoms with Crippen molar-refractivity contribution < 1.29 is 9.90 Å². The van der Waals surface area contributed by atoms with Gasteiger partial charge in [-0.1, -0.05) is 40.0 Å². The second-order valence-corrected chi connectivity index (χ2v) is 11.2. The van der Waals surface area contributed by atoms with Crippen molar-refractivity contribution in [3.63, 3.8) is 0 Å². The van der Waals surface area contributed by atoms with Crippen LogP contribution < -0.4 is 0 Å². The number of rotatable bonds is 5. The molecule has 0 bridgehead atoms. The summed E-state index contributed by atoms with van der Waals surface area (Å²) in [7, 11) is 0. The van der Waals surface area contributed by atoms with E-state index < -0.39 is 5.97 Å². The van der Waals surface area contributed by atoms with Gasteiger partial charge < -0.3 is 5.11 Å². The highest BCUT2D eigenvalue weighted by Gasteiger charge is 2.60. The van der Waals surface area contributed by atoms with Gasteiger partial charge in [0.1, 0.15) is 0 Å². The number of carboxylic acid groups (broad SMARTS) is 1. The van der Waals surface area contributed by atoms with Crippen LogP contribution in [0.4, 0.5) is 0 Å². The molecule has 0 heterocycles. The van der Waals surface area contributed by atoms with E-state index >= 15 is 0 Å². The summed E-state index contributed by atoms with van der Waals surface area (Å²) in [5.74, 6) is 4.96. The number of hydrogen-bond acceptors (Lipinski definition) is 1. The minimum atomic E-state index is -0.618. The molecule has 4 saturated carbocycles. The highest BCUT2D eigenvalue weighted by molar-refractivity contribution is 5.66. The van der Waals surface area contributed by atoms with Crippen LogP contribution in [0.15, 0.2) is 0 Å². The van der Waals surface area contributed by atoms with E-state index in [0.717, 1.165) is 48.3 Å². The molecule has 4 rings (SSSR count). The smallest absolute Gasteiger partial charge is 0.303 e. The molecular weight excluding hydrogens is 332 g/mol. The van der Waals surface area contributed by atoms with Gasteiger partial charge in [-0.3, -0.25) is 4.79 Å². The number of carbonyl (C=O) groups is 1. The Hall–Kier alpha value is -0.530. The Morgan fingerprint density at radius 1 is 0.963 bits per heavy atom. The molecular formula is C25H42O2. The van der Waals surface area contributed by atoms with Crippen LogP contribution in [0.25, 0.3) is 0 Å². The van der Waals surface area contributed by atoms with Crippen molar-refractivity contribution in [2.24, 2.45) is 46.3 Å². The fraction of sp³-hybridized carbons (Fsp3) is 0.960. The molecule has 0 aromatic heterocycles. The van der Waals surface area contributed by atoms with E-state index in [4.69, 9.17) is 5.11 Å². The molecule has 154 valence electrons. The molecule has 1 N–H and O–H groups in total. The first-order valence-corrected chi connectivity index (χ1v) is 12.1. The number of hydrogen-bond donors (Lipinski definition) is 1. The Bertz CT molecular complexity index is 557. The highest BCUT2D eigenvalue weighted by atomic mass is 16.4. The fourth-order valence-corrected chi connectivity index (χ4v) is 9.10. The maximum atomic E-state index is 11.0. The van der Waals surface area contributed by atoms with Gasteiger partial charge in [0.05, 0.1) is 0 Å². The average Bonchev–Trinajstić information content (AvgIpc) is 2.97. The van der Waals surface area contributed by atoms with Crippen molar-refractivity contribution in [3.8, 4) is 0 Å². The molecule has 8 atom stereocenters. The normalized spacial score (nSPS) is 49.1. The minimum Gasteiger partial charge on any atom is -0.481 e. The van der Waals surface area contributed by atoms with E-state index in [-0.39, 0.29) is 0 Å². The summed E-state index contributed by atoms with van der Waals surface area (Å²) in [5, 5.41) is 9.03. The van der Waals surface area contributed by atoms with E-state index in [1.165, 1.54) is 64.2 Å². The Morgan fingerprint density at radius 2 is 1.74 bits per heavy atom. The monoisotopic (exact) mass is 374 g/mol. The molecule has 27 heavy (non-hydrogen) atoms. The van der Waals surface area contributed by atoms with Crippen molar-refractivity contribution in [2.45, 2.75) is 104 Å². The van der Waals surface area contributed by atoms with Crippen molar-refractivity contribution in [1.29, 1.82) is 0 Å². The zero-order valence-corrected chi connectivity index (χ0v) is 18.0. The van der Waals surface area contributed by atoms with Crippen LogP contribution in [0.3, 0.4) is 0 Å². The molecule has 0 aromatic carbocycles. The van der Waals surface area contributed by atoms with Crippen LogP contribution in [0, 0.1) is 46.3 Å². The lowest BCUT2D eigenvalue weighted by atomic mass is 9.42. The second-order valence-electron chi connectivity index (χ2n) is 11.2. The third kappa shape index (κ3) is 3.18. The summed E-state index contributed by atoms with van der Waals surface area (Å²) in [6, 6.07) is 0. The SMILES string of the molecule is CC[C@H]1CC2C3CC[C@H](CCCC(=O)O)C3(C)CC[C@@H]2C2(C)CCCCC12. The largest absolute Gasteiger partial charge is 0.481 e. The van der Waals surface area contributed by atoms with Crippen molar-refractivity contribution in [1.82, 2.24) is 0 Å². The summed E-state index contributed by atoms with van der Waals surface area (Å²) in [6.45, 7) is 7.74. The zero-order valence-electron chi connectivity index (χ0n) is 18.0. The molecule has 0 saturated heterocycles. The molecule has 5 unspecified atom stereocenters. The molecule has 0 aliphatic heterocycles. The lowest BCUT2D eigenvalue weighted by Gasteiger charge is -2.62. The van der Waals surface area contributed by atoms with Gasteiger partial charge >= 0.3 is 5.97 Å². The number of fused-ring (bicyclic) bond motifs is 5. The van der Waals surface area contributed by atoms with E-state index in [9.17, 15) is 4.79 Å². The first kappa shape index (κ1) is 19.8. The number of aliphatic carboxylic acids is 1. The first-order valence-electron chi connectivity index (χ1n) is 12.1. The molecule has 0 radical (unpaired) electrons. The van der Waals surface area contributed by atoms with Gasteiger partial charge in [0, 0.05) is 6.42 Å². The van der Waals surface area contributed by atoms with Crippen LogP contribution >= 0.6 is 0 Å². The van der Waals surface area contributed by atoms with E-state index in [1.54, 1.807) is 0 Å². The molecule has 4 aliphatic rings. The third-order valence-corrected chi connectivity index (χ3v) is 10.4. The maximum Gasteiger partial charge on any atom is 0.303 e. The van der Waals surface area contributed by atoms with Crippen LogP contribution in [0.1, 0.15) is 104 Å². The fourth-order valence-electron chi connectivity index (χ4n) is 9.10. The van der Waals surface area contributed by atoms with Crippen LogP contribution in [-0.2, 0) is 4.79 Å². The Labute approximate surface area is 166 Å². The Kier molecular flexibility index (Phi) is 5.40. The van der Waals surface area contributed by atoms with Gasteiger partial charge in [-0.25, -0.2) is 0 Å². The van der Waals surface area contributed by atoms with Crippen molar-refractivity contribution in [3.05, 3.63) is 0 Å². The van der Waals surface area contributed by atoms with Gasteiger partial charge in [0.25, 0.3) is 0 Å². The van der Waals surface area contributed by atoms with E-state index in [1.807, 2.05) is 0 Å². The molecule has 4 aliphatic carbocycles. The predicted molar refractivity (Wildman–Crippen MR) is 110 cm³/mol.